The standard InChI is InChI=1S/C13H13BrN4S/c1-9(7-18-5-4-15-8-18)16-13-17-11-6-10(14)2-3-12(11)19-13/h2-6,8-9H,7H2,1H3,(H,16,17). The minimum Gasteiger partial charge on any atom is -0.357 e. The van der Waals surface area contributed by atoms with Gasteiger partial charge in [0.1, 0.15) is 0 Å². The van der Waals surface area contributed by atoms with Crippen molar-refractivity contribution in [3.05, 3.63) is 41.4 Å². The molecule has 0 amide bonds. The summed E-state index contributed by atoms with van der Waals surface area (Å²) in [4.78, 5) is 8.64. The Bertz CT molecular complexity index is 677. The van der Waals surface area contributed by atoms with Crippen LogP contribution in [0.1, 0.15) is 6.92 Å². The first-order valence-corrected chi connectivity index (χ1v) is 7.60. The second-order valence-corrected chi connectivity index (χ2v) is 6.38. The average Bonchev–Trinajstić information content (AvgIpc) is 2.97. The number of halogens is 1. The van der Waals surface area contributed by atoms with Crippen molar-refractivity contribution in [3.63, 3.8) is 0 Å². The number of hydrogen-bond donors (Lipinski definition) is 1. The van der Waals surface area contributed by atoms with Crippen molar-refractivity contribution in [2.45, 2.75) is 19.5 Å². The molecule has 19 heavy (non-hydrogen) atoms. The first kappa shape index (κ1) is 12.6. The summed E-state index contributed by atoms with van der Waals surface area (Å²) < 4.78 is 4.31. The van der Waals surface area contributed by atoms with E-state index in [9.17, 15) is 0 Å². The minimum atomic E-state index is 0.304. The second-order valence-electron chi connectivity index (χ2n) is 4.44. The third kappa shape index (κ3) is 2.96. The highest BCUT2D eigenvalue weighted by Crippen LogP contribution is 2.28. The molecular weight excluding hydrogens is 324 g/mol. The normalized spacial score (nSPS) is 12.7. The van der Waals surface area contributed by atoms with E-state index in [4.69, 9.17) is 0 Å². The maximum atomic E-state index is 4.60. The number of fused-ring (bicyclic) bond motifs is 1. The van der Waals surface area contributed by atoms with E-state index < -0.39 is 0 Å². The van der Waals surface area contributed by atoms with Crippen LogP contribution < -0.4 is 5.32 Å². The maximum absolute atomic E-state index is 4.60. The Hall–Kier alpha value is -1.40. The number of nitrogens with one attached hydrogen (secondary N) is 1. The number of thiazole rings is 1. The van der Waals surface area contributed by atoms with Gasteiger partial charge in [-0.25, -0.2) is 9.97 Å². The lowest BCUT2D eigenvalue weighted by Gasteiger charge is -2.12. The Balaban J connectivity index is 1.74. The SMILES string of the molecule is CC(Cn1ccnc1)Nc1nc2cc(Br)ccc2s1. The van der Waals surface area contributed by atoms with Gasteiger partial charge in [-0.1, -0.05) is 27.3 Å². The first-order chi connectivity index (χ1) is 9.20. The summed E-state index contributed by atoms with van der Waals surface area (Å²) in [6.45, 7) is 3.02. The Morgan fingerprint density at radius 1 is 1.47 bits per heavy atom. The fourth-order valence-corrected chi connectivity index (χ4v) is 3.24. The zero-order valence-electron chi connectivity index (χ0n) is 10.4. The summed E-state index contributed by atoms with van der Waals surface area (Å²) >= 11 is 5.15. The molecule has 0 aliphatic rings. The summed E-state index contributed by atoms with van der Waals surface area (Å²) in [7, 11) is 0. The van der Waals surface area contributed by atoms with Gasteiger partial charge in [-0.05, 0) is 25.1 Å². The molecule has 4 nitrogen and oxygen atoms in total. The van der Waals surface area contributed by atoms with Crippen LogP contribution in [0.4, 0.5) is 5.13 Å². The van der Waals surface area contributed by atoms with Gasteiger partial charge in [0.15, 0.2) is 5.13 Å². The molecule has 0 fully saturated rings. The van der Waals surface area contributed by atoms with Crippen LogP contribution in [0.15, 0.2) is 41.4 Å². The summed E-state index contributed by atoms with van der Waals surface area (Å²) in [6.07, 6.45) is 5.59. The Morgan fingerprint density at radius 3 is 3.16 bits per heavy atom. The van der Waals surface area contributed by atoms with Gasteiger partial charge in [-0.2, -0.15) is 0 Å². The fourth-order valence-electron chi connectivity index (χ4n) is 1.93. The van der Waals surface area contributed by atoms with Crippen LogP contribution in [0.3, 0.4) is 0 Å². The minimum absolute atomic E-state index is 0.304. The molecule has 1 unspecified atom stereocenters. The van der Waals surface area contributed by atoms with Gasteiger partial charge in [0.25, 0.3) is 0 Å². The van der Waals surface area contributed by atoms with E-state index in [2.05, 4.69) is 48.8 Å². The lowest BCUT2D eigenvalue weighted by atomic mass is 10.3. The predicted octanol–water partition coefficient (Wildman–Crippen LogP) is 3.76. The summed E-state index contributed by atoms with van der Waals surface area (Å²) in [5.74, 6) is 0. The zero-order valence-corrected chi connectivity index (χ0v) is 12.8. The molecule has 0 radical (unpaired) electrons. The van der Waals surface area contributed by atoms with E-state index in [1.165, 1.54) is 4.70 Å². The molecule has 6 heteroatoms. The largest absolute Gasteiger partial charge is 0.357 e. The molecule has 3 rings (SSSR count). The Labute approximate surface area is 123 Å². The first-order valence-electron chi connectivity index (χ1n) is 5.99. The zero-order chi connectivity index (χ0) is 13.2. The quantitative estimate of drug-likeness (QED) is 0.788. The molecule has 0 bridgehead atoms. The van der Waals surface area contributed by atoms with E-state index in [1.807, 2.05) is 24.7 Å². The van der Waals surface area contributed by atoms with Gasteiger partial charge in [0.05, 0.1) is 16.5 Å². The highest BCUT2D eigenvalue weighted by molar-refractivity contribution is 9.10. The predicted molar refractivity (Wildman–Crippen MR) is 82.6 cm³/mol. The smallest absolute Gasteiger partial charge is 0.184 e. The van der Waals surface area contributed by atoms with Gasteiger partial charge >= 0.3 is 0 Å². The van der Waals surface area contributed by atoms with Crippen LogP contribution in [-0.2, 0) is 6.54 Å². The lowest BCUT2D eigenvalue weighted by molar-refractivity contribution is 0.618. The number of nitrogens with zero attached hydrogens (tertiary/aromatic N) is 3. The van der Waals surface area contributed by atoms with Crippen molar-refractivity contribution in [2.75, 3.05) is 5.32 Å². The lowest BCUT2D eigenvalue weighted by Crippen LogP contribution is -2.21. The molecule has 1 aromatic carbocycles. The van der Waals surface area contributed by atoms with Crippen LogP contribution in [0.5, 0.6) is 0 Å². The van der Waals surface area contributed by atoms with E-state index in [1.54, 1.807) is 17.5 Å². The highest BCUT2D eigenvalue weighted by Gasteiger charge is 2.08. The topological polar surface area (TPSA) is 42.7 Å². The van der Waals surface area contributed by atoms with E-state index >= 15 is 0 Å². The van der Waals surface area contributed by atoms with Crippen molar-refractivity contribution in [1.29, 1.82) is 0 Å². The molecule has 2 aromatic heterocycles. The number of hydrogen-bond acceptors (Lipinski definition) is 4. The van der Waals surface area contributed by atoms with Gasteiger partial charge in [-0.3, -0.25) is 0 Å². The third-order valence-corrected chi connectivity index (χ3v) is 4.22. The molecular formula is C13H13BrN4S. The van der Waals surface area contributed by atoms with E-state index in [0.717, 1.165) is 21.7 Å². The number of anilines is 1. The van der Waals surface area contributed by atoms with Crippen molar-refractivity contribution in [1.82, 2.24) is 14.5 Å². The van der Waals surface area contributed by atoms with Crippen LogP contribution >= 0.6 is 27.3 Å². The van der Waals surface area contributed by atoms with Gasteiger partial charge in [0.2, 0.25) is 0 Å². The Kier molecular flexibility index (Phi) is 3.52. The maximum Gasteiger partial charge on any atom is 0.184 e. The second kappa shape index (κ2) is 5.30. The van der Waals surface area contributed by atoms with Crippen LogP contribution in [0.2, 0.25) is 0 Å². The summed E-state index contributed by atoms with van der Waals surface area (Å²) in [5, 5.41) is 4.39. The number of rotatable bonds is 4. The highest BCUT2D eigenvalue weighted by atomic mass is 79.9. The third-order valence-electron chi connectivity index (χ3n) is 2.76. The van der Waals surface area contributed by atoms with Crippen LogP contribution in [0.25, 0.3) is 10.2 Å². The van der Waals surface area contributed by atoms with Gasteiger partial charge in [0, 0.05) is 29.5 Å². The van der Waals surface area contributed by atoms with E-state index in [-0.39, 0.29) is 0 Å². The Morgan fingerprint density at radius 2 is 2.37 bits per heavy atom. The van der Waals surface area contributed by atoms with Crippen molar-refractivity contribution in [2.24, 2.45) is 0 Å². The molecule has 3 aromatic rings. The number of aromatic nitrogens is 3. The molecule has 1 atom stereocenters. The molecule has 98 valence electrons. The molecule has 0 saturated carbocycles. The van der Waals surface area contributed by atoms with Crippen LogP contribution in [-0.4, -0.2) is 20.6 Å². The average molecular weight is 337 g/mol. The monoisotopic (exact) mass is 336 g/mol. The van der Waals surface area contributed by atoms with Crippen LogP contribution in [0, 0.1) is 0 Å². The molecule has 0 aliphatic heterocycles. The van der Waals surface area contributed by atoms with Crippen molar-refractivity contribution in [3.8, 4) is 0 Å². The molecule has 0 spiro atoms. The van der Waals surface area contributed by atoms with Gasteiger partial charge in [-0.15, -0.1) is 0 Å². The molecule has 2 heterocycles. The molecule has 1 N–H and O–H groups in total. The van der Waals surface area contributed by atoms with Crippen molar-refractivity contribution >= 4 is 42.6 Å². The number of benzene rings is 1. The molecule has 0 aliphatic carbocycles. The number of imidazole rings is 1. The molecule has 0 saturated heterocycles. The van der Waals surface area contributed by atoms with Gasteiger partial charge < -0.3 is 9.88 Å². The summed E-state index contributed by atoms with van der Waals surface area (Å²) in [5.41, 5.74) is 1.02. The summed E-state index contributed by atoms with van der Waals surface area (Å²) in [6, 6.07) is 6.47. The van der Waals surface area contributed by atoms with E-state index in [0.29, 0.717) is 6.04 Å². The fraction of sp³-hybridized carbons (Fsp3) is 0.231. The van der Waals surface area contributed by atoms with Crippen molar-refractivity contribution < 1.29 is 0 Å².